The highest BCUT2D eigenvalue weighted by molar-refractivity contribution is 6.30. The molecule has 0 aliphatic rings. The second-order valence-corrected chi connectivity index (χ2v) is 5.59. The maximum atomic E-state index is 15.5. The summed E-state index contributed by atoms with van der Waals surface area (Å²) >= 11 is 5.87. The van der Waals surface area contributed by atoms with Crippen LogP contribution in [0.3, 0.4) is 0 Å². The molecule has 0 amide bonds. The van der Waals surface area contributed by atoms with E-state index in [2.05, 4.69) is 20.6 Å². The zero-order chi connectivity index (χ0) is 15.4. The van der Waals surface area contributed by atoms with E-state index in [1.54, 1.807) is 24.5 Å². The summed E-state index contributed by atoms with van der Waals surface area (Å²) in [6.45, 7) is 0.158. The standard InChI is InChI=1S/C14H14ClFN6/c15-13-3-1-12(2-4-13)9-14(16,10-21-7-5-17-19-21)11-22-8-6-18-20-22/h1-8H,9-11H2. The number of halogens is 2. The molecular weight excluding hydrogens is 307 g/mol. The summed E-state index contributed by atoms with van der Waals surface area (Å²) in [5.74, 6) is 0. The second kappa shape index (κ2) is 6.23. The van der Waals surface area contributed by atoms with Crippen molar-refractivity contribution in [2.75, 3.05) is 0 Å². The van der Waals surface area contributed by atoms with Crippen LogP contribution in [0.1, 0.15) is 5.56 Å². The van der Waals surface area contributed by atoms with Crippen molar-refractivity contribution in [2.45, 2.75) is 25.2 Å². The van der Waals surface area contributed by atoms with Crippen LogP contribution >= 0.6 is 11.6 Å². The highest BCUT2D eigenvalue weighted by Gasteiger charge is 2.32. The van der Waals surface area contributed by atoms with Gasteiger partial charge in [0, 0.05) is 23.8 Å². The van der Waals surface area contributed by atoms with E-state index in [-0.39, 0.29) is 19.5 Å². The quantitative estimate of drug-likeness (QED) is 0.698. The predicted octanol–water partition coefficient (Wildman–Crippen LogP) is 2.17. The molecule has 1 aromatic carbocycles. The molecule has 0 spiro atoms. The molecule has 0 saturated carbocycles. The Labute approximate surface area is 131 Å². The van der Waals surface area contributed by atoms with E-state index in [4.69, 9.17) is 11.6 Å². The lowest BCUT2D eigenvalue weighted by atomic mass is 9.96. The zero-order valence-corrected chi connectivity index (χ0v) is 12.4. The maximum Gasteiger partial charge on any atom is 0.154 e. The summed E-state index contributed by atoms with van der Waals surface area (Å²) < 4.78 is 18.5. The molecule has 22 heavy (non-hydrogen) atoms. The lowest BCUT2D eigenvalue weighted by Crippen LogP contribution is -2.37. The maximum absolute atomic E-state index is 15.5. The third kappa shape index (κ3) is 3.67. The summed E-state index contributed by atoms with van der Waals surface area (Å²) in [4.78, 5) is 0. The van der Waals surface area contributed by atoms with Gasteiger partial charge in [0.1, 0.15) is 0 Å². The van der Waals surface area contributed by atoms with E-state index < -0.39 is 5.67 Å². The van der Waals surface area contributed by atoms with Gasteiger partial charge in [-0.05, 0) is 17.7 Å². The minimum Gasteiger partial charge on any atom is -0.249 e. The van der Waals surface area contributed by atoms with Crippen LogP contribution in [0, 0.1) is 0 Å². The number of hydrogen-bond donors (Lipinski definition) is 0. The van der Waals surface area contributed by atoms with E-state index in [0.717, 1.165) is 5.56 Å². The number of hydrogen-bond acceptors (Lipinski definition) is 4. The molecule has 6 nitrogen and oxygen atoms in total. The van der Waals surface area contributed by atoms with Gasteiger partial charge in [0.15, 0.2) is 5.67 Å². The number of alkyl halides is 1. The Kier molecular flexibility index (Phi) is 4.15. The van der Waals surface area contributed by atoms with E-state index in [1.165, 1.54) is 21.8 Å². The summed E-state index contributed by atoms with van der Waals surface area (Å²) in [5.41, 5.74) is -0.720. The SMILES string of the molecule is FC(Cc1ccc(Cl)cc1)(Cn1ccnn1)Cn1ccnn1. The van der Waals surface area contributed by atoms with Crippen LogP contribution in [0.25, 0.3) is 0 Å². The van der Waals surface area contributed by atoms with Gasteiger partial charge in [-0.3, -0.25) is 0 Å². The molecule has 8 heteroatoms. The van der Waals surface area contributed by atoms with E-state index >= 15 is 4.39 Å². The minimum absolute atomic E-state index is 0.0789. The van der Waals surface area contributed by atoms with Crippen molar-refractivity contribution in [3.63, 3.8) is 0 Å². The Bertz CT molecular complexity index is 659. The Morgan fingerprint density at radius 3 is 1.95 bits per heavy atom. The molecule has 114 valence electrons. The first-order valence-electron chi connectivity index (χ1n) is 6.75. The molecule has 0 atom stereocenters. The van der Waals surface area contributed by atoms with Crippen LogP contribution in [-0.2, 0) is 19.5 Å². The lowest BCUT2D eigenvalue weighted by Gasteiger charge is -2.25. The average molecular weight is 321 g/mol. The fourth-order valence-corrected chi connectivity index (χ4v) is 2.47. The van der Waals surface area contributed by atoms with Crippen molar-refractivity contribution >= 4 is 11.6 Å². The van der Waals surface area contributed by atoms with Gasteiger partial charge in [-0.1, -0.05) is 34.2 Å². The van der Waals surface area contributed by atoms with Crippen molar-refractivity contribution in [3.8, 4) is 0 Å². The molecule has 0 aliphatic heterocycles. The molecule has 0 N–H and O–H groups in total. The molecule has 2 heterocycles. The predicted molar refractivity (Wildman–Crippen MR) is 79.0 cm³/mol. The van der Waals surface area contributed by atoms with Crippen LogP contribution < -0.4 is 0 Å². The van der Waals surface area contributed by atoms with Crippen LogP contribution in [0.5, 0.6) is 0 Å². The molecule has 0 fully saturated rings. The molecule has 0 saturated heterocycles. The largest absolute Gasteiger partial charge is 0.249 e. The smallest absolute Gasteiger partial charge is 0.154 e. The van der Waals surface area contributed by atoms with Crippen molar-refractivity contribution in [1.82, 2.24) is 30.0 Å². The first kappa shape index (κ1) is 14.6. The Morgan fingerprint density at radius 2 is 1.50 bits per heavy atom. The monoisotopic (exact) mass is 320 g/mol. The van der Waals surface area contributed by atoms with Crippen molar-refractivity contribution in [2.24, 2.45) is 0 Å². The van der Waals surface area contributed by atoms with E-state index in [1.807, 2.05) is 12.1 Å². The van der Waals surface area contributed by atoms with Crippen molar-refractivity contribution < 1.29 is 4.39 Å². The normalized spacial score (nSPS) is 11.7. The van der Waals surface area contributed by atoms with E-state index in [9.17, 15) is 0 Å². The van der Waals surface area contributed by atoms with Gasteiger partial charge in [0.05, 0.1) is 25.5 Å². The number of rotatable bonds is 6. The fourth-order valence-electron chi connectivity index (χ4n) is 2.34. The first-order valence-corrected chi connectivity index (χ1v) is 7.12. The molecule has 0 unspecified atom stereocenters. The number of nitrogens with zero attached hydrogens (tertiary/aromatic N) is 6. The lowest BCUT2D eigenvalue weighted by molar-refractivity contribution is 0.100. The second-order valence-electron chi connectivity index (χ2n) is 5.16. The van der Waals surface area contributed by atoms with Crippen LogP contribution in [0.4, 0.5) is 4.39 Å². The Morgan fingerprint density at radius 1 is 0.955 bits per heavy atom. The van der Waals surface area contributed by atoms with Crippen molar-refractivity contribution in [3.05, 3.63) is 59.6 Å². The minimum atomic E-state index is -1.57. The van der Waals surface area contributed by atoms with Gasteiger partial charge >= 0.3 is 0 Å². The summed E-state index contributed by atoms with van der Waals surface area (Å²) in [5, 5.41) is 15.8. The fraction of sp³-hybridized carbons (Fsp3) is 0.286. The molecule has 3 rings (SSSR count). The van der Waals surface area contributed by atoms with Gasteiger partial charge < -0.3 is 0 Å². The highest BCUT2D eigenvalue weighted by Crippen LogP contribution is 2.23. The number of benzene rings is 1. The molecule has 0 aliphatic carbocycles. The van der Waals surface area contributed by atoms with Gasteiger partial charge in [-0.15, -0.1) is 10.2 Å². The van der Waals surface area contributed by atoms with Crippen LogP contribution in [-0.4, -0.2) is 35.7 Å². The van der Waals surface area contributed by atoms with Gasteiger partial charge in [-0.25, -0.2) is 13.8 Å². The summed E-state index contributed by atoms with van der Waals surface area (Å²) in [6, 6.07) is 7.14. The van der Waals surface area contributed by atoms with Crippen molar-refractivity contribution in [1.29, 1.82) is 0 Å². The van der Waals surface area contributed by atoms with Gasteiger partial charge in [0.2, 0.25) is 0 Å². The molecule has 0 radical (unpaired) electrons. The van der Waals surface area contributed by atoms with Crippen LogP contribution in [0.2, 0.25) is 5.02 Å². The summed E-state index contributed by atoms with van der Waals surface area (Å²) in [6.07, 6.45) is 6.54. The summed E-state index contributed by atoms with van der Waals surface area (Å²) in [7, 11) is 0. The topological polar surface area (TPSA) is 61.4 Å². The zero-order valence-electron chi connectivity index (χ0n) is 11.7. The third-order valence-electron chi connectivity index (χ3n) is 3.27. The number of aromatic nitrogens is 6. The Hall–Kier alpha value is -2.28. The molecule has 3 aromatic rings. The molecule has 2 aromatic heterocycles. The van der Waals surface area contributed by atoms with Gasteiger partial charge in [-0.2, -0.15) is 0 Å². The Balaban J connectivity index is 1.82. The third-order valence-corrected chi connectivity index (χ3v) is 3.52. The highest BCUT2D eigenvalue weighted by atomic mass is 35.5. The van der Waals surface area contributed by atoms with Crippen LogP contribution in [0.15, 0.2) is 49.1 Å². The average Bonchev–Trinajstić information content (AvgIpc) is 3.15. The molecular formula is C14H14ClFN6. The van der Waals surface area contributed by atoms with E-state index in [0.29, 0.717) is 5.02 Å². The molecule has 0 bridgehead atoms. The van der Waals surface area contributed by atoms with Gasteiger partial charge in [0.25, 0.3) is 0 Å². The first-order chi connectivity index (χ1) is 10.6.